The number of aromatic nitrogens is 1. The maximum Gasteiger partial charge on any atom is 0.0726 e. The van der Waals surface area contributed by atoms with Gasteiger partial charge in [0.2, 0.25) is 0 Å². The van der Waals surface area contributed by atoms with Gasteiger partial charge in [-0.3, -0.25) is 0 Å². The molecule has 352 valence electrons. The Bertz CT molecular complexity index is 4500. The third kappa shape index (κ3) is 5.20. The van der Waals surface area contributed by atoms with Gasteiger partial charge in [-0.05, 0) is 144 Å². The van der Waals surface area contributed by atoms with Crippen molar-refractivity contribution in [3.05, 3.63) is 324 Å². The molecule has 4 aliphatic carbocycles. The van der Waals surface area contributed by atoms with E-state index in [4.69, 9.17) is 0 Å². The van der Waals surface area contributed by atoms with Crippen molar-refractivity contribution in [2.45, 2.75) is 10.8 Å². The third-order valence-corrected chi connectivity index (χ3v) is 17.6. The SMILES string of the molecule is c1ccc(N(c2ccc(-c3ccc4c(c3)c3ccccc3n4-c3cccc4c3-c3ccccc3C43c4ccccc4-c4ccccc43)cc2)c2cccc3c2-c2ccccc2C32c3ccccc3-c3ccccc32)cc1. The molecule has 0 saturated heterocycles. The Morgan fingerprint density at radius 1 is 0.263 bits per heavy atom. The molecule has 0 N–H and O–H groups in total. The highest BCUT2D eigenvalue weighted by atomic mass is 15.1. The molecule has 0 bridgehead atoms. The van der Waals surface area contributed by atoms with Gasteiger partial charge in [0.25, 0.3) is 0 Å². The summed E-state index contributed by atoms with van der Waals surface area (Å²) >= 11 is 0. The van der Waals surface area contributed by atoms with Crippen LogP contribution in [-0.4, -0.2) is 4.57 Å². The van der Waals surface area contributed by atoms with Crippen LogP contribution in [0.3, 0.4) is 0 Å². The van der Waals surface area contributed by atoms with Crippen LogP contribution in [0.1, 0.15) is 44.5 Å². The second-order valence-electron chi connectivity index (χ2n) is 21.0. The molecule has 2 nitrogen and oxygen atoms in total. The van der Waals surface area contributed by atoms with Crippen LogP contribution in [0.5, 0.6) is 0 Å². The standard InChI is InChI=1S/C74H46N2/c1-2-20-49(21-3-1)75(69-38-18-35-65-71(69)56-27-8-15-33-63(56)73(65)59-29-11-4-22-51(59)52-23-5-12-30-60(52)73)50-43-40-47(41-44-50)48-42-45-68-58(46-48)55-26-10-17-37-67(55)76(68)70-39-19-36-66-72(70)57-28-9-16-34-64(57)74(66)61-31-13-6-24-53(61)54-25-7-14-32-62(54)74/h1-46H. The molecule has 1 heterocycles. The highest BCUT2D eigenvalue weighted by molar-refractivity contribution is 6.12. The highest BCUT2D eigenvalue weighted by Gasteiger charge is 2.54. The first-order chi connectivity index (χ1) is 37.7. The molecule has 0 saturated carbocycles. The van der Waals surface area contributed by atoms with Crippen molar-refractivity contribution in [3.63, 3.8) is 0 Å². The average molecular weight is 963 g/mol. The van der Waals surface area contributed by atoms with Crippen molar-refractivity contribution < 1.29 is 0 Å². The van der Waals surface area contributed by atoms with E-state index in [0.29, 0.717) is 0 Å². The molecule has 0 amide bonds. The maximum atomic E-state index is 2.53. The van der Waals surface area contributed by atoms with Gasteiger partial charge in [0.15, 0.2) is 0 Å². The van der Waals surface area contributed by atoms with E-state index in [1.54, 1.807) is 0 Å². The summed E-state index contributed by atoms with van der Waals surface area (Å²) in [5.41, 5.74) is 29.7. The third-order valence-electron chi connectivity index (χ3n) is 17.6. The van der Waals surface area contributed by atoms with Gasteiger partial charge in [-0.1, -0.05) is 224 Å². The molecule has 76 heavy (non-hydrogen) atoms. The predicted molar refractivity (Wildman–Crippen MR) is 313 cm³/mol. The quantitative estimate of drug-likeness (QED) is 0.167. The Morgan fingerprint density at radius 3 is 1.25 bits per heavy atom. The number of rotatable bonds is 5. The monoisotopic (exact) mass is 962 g/mol. The van der Waals surface area contributed by atoms with Crippen LogP contribution in [0.2, 0.25) is 0 Å². The fourth-order valence-electron chi connectivity index (χ4n) is 14.8. The Morgan fingerprint density at radius 2 is 0.671 bits per heavy atom. The van der Waals surface area contributed by atoms with Crippen LogP contribution in [-0.2, 0) is 10.8 Å². The summed E-state index contributed by atoms with van der Waals surface area (Å²) < 4.78 is 2.53. The minimum atomic E-state index is -0.426. The summed E-state index contributed by atoms with van der Waals surface area (Å²) in [4.78, 5) is 2.46. The fourth-order valence-corrected chi connectivity index (χ4v) is 14.8. The van der Waals surface area contributed by atoms with E-state index in [1.807, 2.05) is 0 Å². The van der Waals surface area contributed by atoms with E-state index in [2.05, 4.69) is 289 Å². The Hall–Kier alpha value is -9.76. The molecule has 0 atom stereocenters. The van der Waals surface area contributed by atoms with E-state index in [-0.39, 0.29) is 0 Å². The summed E-state index contributed by atoms with van der Waals surface area (Å²) in [7, 11) is 0. The number of para-hydroxylation sites is 2. The molecule has 0 aliphatic heterocycles. The fraction of sp³-hybridized carbons (Fsp3) is 0.0270. The highest BCUT2D eigenvalue weighted by Crippen LogP contribution is 2.66. The molecule has 0 radical (unpaired) electrons. The van der Waals surface area contributed by atoms with Gasteiger partial charge in [-0.25, -0.2) is 0 Å². The molecule has 2 spiro atoms. The lowest BCUT2D eigenvalue weighted by atomic mass is 9.70. The van der Waals surface area contributed by atoms with Crippen LogP contribution in [0, 0.1) is 0 Å². The van der Waals surface area contributed by atoms with Gasteiger partial charge in [0.05, 0.1) is 33.2 Å². The van der Waals surface area contributed by atoms with Gasteiger partial charge in [0, 0.05) is 33.3 Å². The predicted octanol–water partition coefficient (Wildman–Crippen LogP) is 18.6. The van der Waals surface area contributed by atoms with Crippen LogP contribution < -0.4 is 4.90 Å². The Labute approximate surface area is 441 Å². The molecule has 17 rings (SSSR count). The van der Waals surface area contributed by atoms with Gasteiger partial charge in [-0.15, -0.1) is 0 Å². The first-order valence-electron chi connectivity index (χ1n) is 26.6. The van der Waals surface area contributed by atoms with Crippen LogP contribution in [0.25, 0.3) is 83.1 Å². The van der Waals surface area contributed by atoms with Crippen molar-refractivity contribution in [3.8, 4) is 61.3 Å². The molecule has 1 aromatic heterocycles. The summed E-state index contributed by atoms with van der Waals surface area (Å²) in [6.07, 6.45) is 0. The van der Waals surface area contributed by atoms with Gasteiger partial charge >= 0.3 is 0 Å². The van der Waals surface area contributed by atoms with Crippen LogP contribution in [0.15, 0.2) is 279 Å². The average Bonchev–Trinajstić information content (AvgIpc) is 4.35. The summed E-state index contributed by atoms with van der Waals surface area (Å²) in [6.45, 7) is 0. The minimum Gasteiger partial charge on any atom is -0.310 e. The summed E-state index contributed by atoms with van der Waals surface area (Å²) in [5, 5.41) is 2.48. The molecule has 4 aliphatic rings. The van der Waals surface area contributed by atoms with Crippen molar-refractivity contribution >= 4 is 38.9 Å². The number of benzene rings is 12. The molecule has 12 aromatic carbocycles. The molecule has 0 fully saturated rings. The second kappa shape index (κ2) is 15.4. The number of hydrogen-bond acceptors (Lipinski definition) is 1. The normalized spacial score (nSPS) is 14.0. The Kier molecular flexibility index (Phi) is 8.44. The number of hydrogen-bond donors (Lipinski definition) is 0. The van der Waals surface area contributed by atoms with Gasteiger partial charge in [0.1, 0.15) is 0 Å². The second-order valence-corrected chi connectivity index (χ2v) is 21.0. The number of fused-ring (bicyclic) bond motifs is 23. The zero-order valence-corrected chi connectivity index (χ0v) is 41.5. The van der Waals surface area contributed by atoms with E-state index >= 15 is 0 Å². The molecule has 2 heteroatoms. The number of nitrogens with zero attached hydrogens (tertiary/aromatic N) is 2. The van der Waals surface area contributed by atoms with Gasteiger partial charge < -0.3 is 9.47 Å². The van der Waals surface area contributed by atoms with E-state index in [1.165, 1.54) is 133 Å². The largest absolute Gasteiger partial charge is 0.310 e. The van der Waals surface area contributed by atoms with Crippen LogP contribution >= 0.6 is 0 Å². The van der Waals surface area contributed by atoms with Crippen LogP contribution in [0.4, 0.5) is 17.1 Å². The first kappa shape index (κ1) is 41.7. The minimum absolute atomic E-state index is 0.412. The summed E-state index contributed by atoms with van der Waals surface area (Å²) in [6, 6.07) is 105. The first-order valence-corrected chi connectivity index (χ1v) is 26.6. The van der Waals surface area contributed by atoms with Crippen molar-refractivity contribution in [2.75, 3.05) is 4.90 Å². The van der Waals surface area contributed by atoms with Crippen molar-refractivity contribution in [1.29, 1.82) is 0 Å². The van der Waals surface area contributed by atoms with E-state index in [0.717, 1.165) is 11.4 Å². The lowest BCUT2D eigenvalue weighted by molar-refractivity contribution is 0.793. The molecular weight excluding hydrogens is 917 g/mol. The van der Waals surface area contributed by atoms with Crippen molar-refractivity contribution in [2.24, 2.45) is 0 Å². The van der Waals surface area contributed by atoms with Crippen molar-refractivity contribution in [1.82, 2.24) is 4.57 Å². The zero-order chi connectivity index (χ0) is 49.7. The zero-order valence-electron chi connectivity index (χ0n) is 41.5. The van der Waals surface area contributed by atoms with E-state index < -0.39 is 10.8 Å². The smallest absolute Gasteiger partial charge is 0.0726 e. The maximum absolute atomic E-state index is 2.53. The Balaban J connectivity index is 0.812. The lowest BCUT2D eigenvalue weighted by Crippen LogP contribution is -2.26. The topological polar surface area (TPSA) is 8.17 Å². The molecular formula is C74H46N2. The van der Waals surface area contributed by atoms with E-state index in [9.17, 15) is 0 Å². The lowest BCUT2D eigenvalue weighted by Gasteiger charge is -2.31. The molecule has 0 unspecified atom stereocenters. The van der Waals surface area contributed by atoms with Gasteiger partial charge in [-0.2, -0.15) is 0 Å². The summed E-state index contributed by atoms with van der Waals surface area (Å²) in [5.74, 6) is 0. The number of anilines is 3. The molecule has 13 aromatic rings.